The van der Waals surface area contributed by atoms with Crippen molar-refractivity contribution in [1.29, 1.82) is 0 Å². The molecule has 1 aliphatic heterocycles. The Morgan fingerprint density at radius 3 is 1.25 bits per heavy atom. The van der Waals surface area contributed by atoms with Crippen molar-refractivity contribution in [3.63, 3.8) is 0 Å². The Morgan fingerprint density at radius 1 is 0.538 bits per heavy atom. The molecule has 1 aromatic rings. The zero-order chi connectivity index (χ0) is 39.5. The van der Waals surface area contributed by atoms with E-state index in [-0.39, 0.29) is 56.1 Å². The van der Waals surface area contributed by atoms with Gasteiger partial charge in [-0.05, 0) is 107 Å². The molecule has 0 amide bonds. The van der Waals surface area contributed by atoms with Crippen molar-refractivity contribution in [1.82, 2.24) is 19.6 Å². The molecule has 13 nitrogen and oxygen atoms in total. The molecule has 0 aromatic heterocycles. The van der Waals surface area contributed by atoms with Crippen LogP contribution in [0.3, 0.4) is 0 Å². The summed E-state index contributed by atoms with van der Waals surface area (Å²) in [7, 11) is 0. The minimum Gasteiger partial charge on any atom is -0.459 e. The quantitative estimate of drug-likeness (QED) is 0.212. The molecule has 0 radical (unpaired) electrons. The normalized spacial score (nSPS) is 18.5. The number of ether oxygens (including phenoxy) is 4. The maximum absolute atomic E-state index is 13.4. The van der Waals surface area contributed by atoms with Gasteiger partial charge >= 0.3 is 23.9 Å². The number of hydrogen-bond acceptors (Lipinski definition) is 13. The van der Waals surface area contributed by atoms with Crippen LogP contribution in [0.1, 0.15) is 88.6 Å². The number of carbonyl (C=O) groups excluding carboxylic acids is 4. The van der Waals surface area contributed by atoms with Crippen LogP contribution in [0.5, 0.6) is 0 Å². The van der Waals surface area contributed by atoms with Crippen molar-refractivity contribution >= 4 is 29.6 Å². The van der Waals surface area contributed by atoms with Gasteiger partial charge in [0, 0.05) is 57.5 Å². The van der Waals surface area contributed by atoms with E-state index in [0.29, 0.717) is 57.9 Å². The summed E-state index contributed by atoms with van der Waals surface area (Å²) >= 11 is 0. The number of anilines is 1. The SMILES string of the molecule is CC(C)(C)OC(=O)CN1CCN(CC(=O)OC(C)(C)C)CCN(CC(=O)OC(C)(C)C)C(Cc2ccc(N)cc2)CN(CC(=O)OC(C)(C)C)CC1. The van der Waals surface area contributed by atoms with Gasteiger partial charge in [0.25, 0.3) is 0 Å². The number of nitrogens with zero attached hydrogens (tertiary/aromatic N) is 4. The van der Waals surface area contributed by atoms with E-state index >= 15 is 0 Å². The third-order valence-corrected chi connectivity index (χ3v) is 7.68. The molecule has 1 heterocycles. The number of hydrogen-bond donors (Lipinski definition) is 1. The molecule has 0 bridgehead atoms. The molecule has 0 aliphatic carbocycles. The minimum absolute atomic E-state index is 0.00222. The Hall–Kier alpha value is -3.26. The second-order valence-electron chi connectivity index (χ2n) is 17.7. The first kappa shape index (κ1) is 44.9. The molecule has 52 heavy (non-hydrogen) atoms. The van der Waals surface area contributed by atoms with E-state index in [1.165, 1.54) is 0 Å². The fourth-order valence-corrected chi connectivity index (χ4v) is 5.74. The second kappa shape index (κ2) is 19.2. The monoisotopic (exact) mass is 733 g/mol. The third kappa shape index (κ3) is 20.1. The average molecular weight is 734 g/mol. The summed E-state index contributed by atoms with van der Waals surface area (Å²) < 4.78 is 22.9. The van der Waals surface area contributed by atoms with E-state index < -0.39 is 22.4 Å². The van der Waals surface area contributed by atoms with E-state index in [1.54, 1.807) is 0 Å². The lowest BCUT2D eigenvalue weighted by Crippen LogP contribution is -2.54. The first-order valence-corrected chi connectivity index (χ1v) is 18.4. The number of carbonyl (C=O) groups is 4. The topological polar surface area (TPSA) is 144 Å². The van der Waals surface area contributed by atoms with E-state index in [0.717, 1.165) is 5.56 Å². The summed E-state index contributed by atoms with van der Waals surface area (Å²) in [5.74, 6) is -1.46. The van der Waals surface area contributed by atoms with Crippen molar-refractivity contribution in [2.75, 3.05) is 77.7 Å². The summed E-state index contributed by atoms with van der Waals surface area (Å²) in [6.45, 7) is 25.1. The first-order valence-electron chi connectivity index (χ1n) is 18.4. The van der Waals surface area contributed by atoms with Gasteiger partial charge in [-0.3, -0.25) is 38.8 Å². The van der Waals surface area contributed by atoms with E-state index in [2.05, 4.69) is 4.90 Å². The van der Waals surface area contributed by atoms with Crippen LogP contribution in [0.25, 0.3) is 0 Å². The fourth-order valence-electron chi connectivity index (χ4n) is 5.74. The highest BCUT2D eigenvalue weighted by Crippen LogP contribution is 2.18. The second-order valence-corrected chi connectivity index (χ2v) is 17.7. The minimum atomic E-state index is -0.681. The lowest BCUT2D eigenvalue weighted by atomic mass is 10.0. The van der Waals surface area contributed by atoms with Gasteiger partial charge < -0.3 is 24.7 Å². The van der Waals surface area contributed by atoms with Crippen LogP contribution in [0, 0.1) is 0 Å². The molecular weight excluding hydrogens is 666 g/mol. The van der Waals surface area contributed by atoms with Crippen LogP contribution in [-0.4, -0.2) is 144 Å². The maximum atomic E-state index is 13.4. The molecule has 296 valence electrons. The maximum Gasteiger partial charge on any atom is 0.320 e. The molecule has 1 fully saturated rings. The van der Waals surface area contributed by atoms with Crippen LogP contribution in [0.2, 0.25) is 0 Å². The van der Waals surface area contributed by atoms with Gasteiger partial charge in [0.2, 0.25) is 0 Å². The van der Waals surface area contributed by atoms with Crippen molar-refractivity contribution in [3.05, 3.63) is 29.8 Å². The van der Waals surface area contributed by atoms with Gasteiger partial charge in [-0.15, -0.1) is 0 Å². The summed E-state index contributed by atoms with van der Waals surface area (Å²) in [4.78, 5) is 61.0. The molecule has 0 saturated carbocycles. The lowest BCUT2D eigenvalue weighted by Gasteiger charge is -2.38. The van der Waals surface area contributed by atoms with Gasteiger partial charge in [-0.1, -0.05) is 12.1 Å². The van der Waals surface area contributed by atoms with Crippen LogP contribution in [0.15, 0.2) is 24.3 Å². The molecule has 1 atom stereocenters. The Balaban J connectivity index is 2.59. The Labute approximate surface area is 312 Å². The van der Waals surface area contributed by atoms with Crippen LogP contribution in [-0.2, 0) is 44.5 Å². The highest BCUT2D eigenvalue weighted by molar-refractivity contribution is 5.73. The molecule has 1 aliphatic rings. The standard InChI is InChI=1S/C39H67N5O8/c1-36(2,3)49-32(45)25-41-17-18-42(26-33(46)50-37(4,5)6)21-22-44(28-35(48)52-39(10,11)12)31(23-29-13-15-30(40)16-14-29)24-43(20-19-41)27-34(47)51-38(7,8)9/h13-16,31H,17-28,40H2,1-12H3. The fraction of sp³-hybridized carbons (Fsp3) is 0.744. The third-order valence-electron chi connectivity index (χ3n) is 7.68. The molecule has 2 rings (SSSR count). The predicted octanol–water partition coefficient (Wildman–Crippen LogP) is 3.77. The molecule has 1 saturated heterocycles. The Kier molecular flexibility index (Phi) is 16.6. The highest BCUT2D eigenvalue weighted by Gasteiger charge is 2.31. The average Bonchev–Trinajstić information content (AvgIpc) is 2.92. The summed E-state index contributed by atoms with van der Waals surface area (Å²) in [5, 5.41) is 0. The molecule has 2 N–H and O–H groups in total. The van der Waals surface area contributed by atoms with Crippen molar-refractivity contribution in [2.45, 2.75) is 118 Å². The number of benzene rings is 1. The van der Waals surface area contributed by atoms with Crippen molar-refractivity contribution in [3.8, 4) is 0 Å². The van der Waals surface area contributed by atoms with E-state index in [9.17, 15) is 19.2 Å². The smallest absolute Gasteiger partial charge is 0.320 e. The Morgan fingerprint density at radius 2 is 0.865 bits per heavy atom. The first-order chi connectivity index (χ1) is 23.7. The summed E-state index contributed by atoms with van der Waals surface area (Å²) in [6, 6.07) is 7.36. The van der Waals surface area contributed by atoms with Gasteiger partial charge in [0.15, 0.2) is 0 Å². The molecular formula is C39H67N5O8. The van der Waals surface area contributed by atoms with E-state index in [1.807, 2.05) is 122 Å². The Bertz CT molecular complexity index is 1310. The molecule has 13 heteroatoms. The lowest BCUT2D eigenvalue weighted by molar-refractivity contribution is -0.160. The van der Waals surface area contributed by atoms with Crippen LogP contribution >= 0.6 is 0 Å². The van der Waals surface area contributed by atoms with Crippen LogP contribution in [0.4, 0.5) is 5.69 Å². The molecule has 1 unspecified atom stereocenters. The van der Waals surface area contributed by atoms with Crippen molar-refractivity contribution < 1.29 is 38.1 Å². The van der Waals surface area contributed by atoms with Gasteiger partial charge in [0.1, 0.15) is 22.4 Å². The number of rotatable bonds is 10. The molecule has 0 spiro atoms. The van der Waals surface area contributed by atoms with Crippen molar-refractivity contribution in [2.24, 2.45) is 0 Å². The molecule has 1 aromatic carbocycles. The largest absolute Gasteiger partial charge is 0.459 e. The van der Waals surface area contributed by atoms with Gasteiger partial charge in [-0.2, -0.15) is 0 Å². The number of nitrogen functional groups attached to an aromatic ring is 1. The summed E-state index contributed by atoms with van der Waals surface area (Å²) in [6.07, 6.45) is 0.543. The zero-order valence-corrected chi connectivity index (χ0v) is 34.0. The highest BCUT2D eigenvalue weighted by atomic mass is 16.6. The van der Waals surface area contributed by atoms with Crippen LogP contribution < -0.4 is 5.73 Å². The van der Waals surface area contributed by atoms with Gasteiger partial charge in [-0.25, -0.2) is 0 Å². The van der Waals surface area contributed by atoms with Gasteiger partial charge in [0.05, 0.1) is 26.2 Å². The number of esters is 4. The predicted molar refractivity (Wildman–Crippen MR) is 203 cm³/mol. The summed E-state index contributed by atoms with van der Waals surface area (Å²) in [5.41, 5.74) is 5.01. The zero-order valence-electron chi connectivity index (χ0n) is 34.0. The number of nitrogens with two attached hydrogens (primary N) is 1. The van der Waals surface area contributed by atoms with E-state index in [4.69, 9.17) is 24.7 Å².